The maximum absolute atomic E-state index is 12.6. The molecule has 0 aliphatic carbocycles. The predicted molar refractivity (Wildman–Crippen MR) is 56.0 cm³/mol. The standard InChI is InChI=1S/C10H12FN3O/c11-8-1-3-10(4-2-8)14(13)7-9(12)5-6-15/h1-4,6-7H,5,12-13H2/b9-7+. The van der Waals surface area contributed by atoms with Crippen LogP contribution in [0.4, 0.5) is 10.1 Å². The van der Waals surface area contributed by atoms with Gasteiger partial charge in [0.05, 0.1) is 5.69 Å². The monoisotopic (exact) mass is 209 g/mol. The van der Waals surface area contributed by atoms with E-state index in [1.807, 2.05) is 0 Å². The number of carbonyl (C=O) groups is 1. The molecular weight excluding hydrogens is 197 g/mol. The lowest BCUT2D eigenvalue weighted by Gasteiger charge is -2.14. The van der Waals surface area contributed by atoms with Gasteiger partial charge < -0.3 is 10.5 Å². The Balaban J connectivity index is 2.76. The molecule has 0 spiro atoms. The summed E-state index contributed by atoms with van der Waals surface area (Å²) in [6, 6.07) is 5.61. The van der Waals surface area contributed by atoms with Gasteiger partial charge in [-0.05, 0) is 24.3 Å². The Labute approximate surface area is 86.9 Å². The minimum Gasteiger partial charge on any atom is -0.400 e. The molecule has 0 saturated carbocycles. The first kappa shape index (κ1) is 11.2. The van der Waals surface area contributed by atoms with E-state index in [0.29, 0.717) is 17.7 Å². The Bertz CT molecular complexity index is 361. The summed E-state index contributed by atoms with van der Waals surface area (Å²) in [6.07, 6.45) is 2.22. The largest absolute Gasteiger partial charge is 0.400 e. The fraction of sp³-hybridized carbons (Fsp3) is 0.100. The molecule has 4 N–H and O–H groups in total. The number of aldehydes is 1. The van der Waals surface area contributed by atoms with Crippen molar-refractivity contribution in [1.29, 1.82) is 0 Å². The van der Waals surface area contributed by atoms with Gasteiger partial charge in [0.25, 0.3) is 0 Å². The number of hydrogen-bond acceptors (Lipinski definition) is 4. The van der Waals surface area contributed by atoms with Crippen LogP contribution in [-0.4, -0.2) is 6.29 Å². The minimum atomic E-state index is -0.336. The predicted octanol–water partition coefficient (Wildman–Crippen LogP) is 0.895. The average molecular weight is 209 g/mol. The molecule has 1 aromatic rings. The van der Waals surface area contributed by atoms with Gasteiger partial charge in [0.15, 0.2) is 0 Å². The maximum atomic E-state index is 12.6. The normalized spacial score (nSPS) is 11.2. The summed E-state index contributed by atoms with van der Waals surface area (Å²) < 4.78 is 12.6. The second-order valence-corrected chi connectivity index (χ2v) is 2.96. The number of benzene rings is 1. The van der Waals surface area contributed by atoms with Crippen molar-refractivity contribution in [3.63, 3.8) is 0 Å². The van der Waals surface area contributed by atoms with Crippen LogP contribution in [0.1, 0.15) is 6.42 Å². The highest BCUT2D eigenvalue weighted by Crippen LogP contribution is 2.12. The molecule has 5 heteroatoms. The second kappa shape index (κ2) is 5.11. The minimum absolute atomic E-state index is 0.120. The Kier molecular flexibility index (Phi) is 3.82. The van der Waals surface area contributed by atoms with Crippen LogP contribution in [-0.2, 0) is 4.79 Å². The van der Waals surface area contributed by atoms with E-state index in [9.17, 15) is 9.18 Å². The van der Waals surface area contributed by atoms with E-state index in [2.05, 4.69) is 0 Å². The Hall–Kier alpha value is -1.88. The molecule has 0 unspecified atom stereocenters. The number of carbonyl (C=O) groups excluding carboxylic acids is 1. The number of anilines is 1. The summed E-state index contributed by atoms with van der Waals surface area (Å²) >= 11 is 0. The highest BCUT2D eigenvalue weighted by molar-refractivity contribution is 5.55. The van der Waals surface area contributed by atoms with E-state index < -0.39 is 0 Å². The lowest BCUT2D eigenvalue weighted by Crippen LogP contribution is -2.25. The molecule has 0 aromatic heterocycles. The summed E-state index contributed by atoms with van der Waals surface area (Å²) in [5, 5.41) is 1.23. The molecule has 0 fully saturated rings. The molecule has 1 aromatic carbocycles. The van der Waals surface area contributed by atoms with Crippen LogP contribution in [0.15, 0.2) is 36.2 Å². The second-order valence-electron chi connectivity index (χ2n) is 2.96. The van der Waals surface area contributed by atoms with Gasteiger partial charge in [-0.25, -0.2) is 10.2 Å². The summed E-state index contributed by atoms with van der Waals surface area (Å²) in [7, 11) is 0. The number of hydrogen-bond donors (Lipinski definition) is 2. The quantitative estimate of drug-likeness (QED) is 0.439. The molecule has 0 amide bonds. The summed E-state index contributed by atoms with van der Waals surface area (Å²) in [6.45, 7) is 0. The van der Waals surface area contributed by atoms with Gasteiger partial charge in [-0.15, -0.1) is 0 Å². The zero-order valence-electron chi connectivity index (χ0n) is 8.06. The van der Waals surface area contributed by atoms with Crippen LogP contribution in [0.2, 0.25) is 0 Å². The van der Waals surface area contributed by atoms with E-state index in [-0.39, 0.29) is 12.2 Å². The highest BCUT2D eigenvalue weighted by Gasteiger charge is 1.99. The Morgan fingerprint density at radius 3 is 2.53 bits per heavy atom. The van der Waals surface area contributed by atoms with E-state index in [4.69, 9.17) is 11.6 Å². The molecule has 0 bridgehead atoms. The third-order valence-electron chi connectivity index (χ3n) is 1.75. The highest BCUT2D eigenvalue weighted by atomic mass is 19.1. The number of allylic oxidation sites excluding steroid dienone is 1. The van der Waals surface area contributed by atoms with Gasteiger partial charge in [0, 0.05) is 18.3 Å². The summed E-state index contributed by atoms with van der Waals surface area (Å²) in [5.74, 6) is 5.28. The molecule has 0 atom stereocenters. The number of nitrogens with zero attached hydrogens (tertiary/aromatic N) is 1. The molecule has 0 aliphatic heterocycles. The van der Waals surface area contributed by atoms with E-state index in [1.54, 1.807) is 0 Å². The van der Waals surface area contributed by atoms with Crippen molar-refractivity contribution in [3.8, 4) is 0 Å². The van der Waals surface area contributed by atoms with E-state index >= 15 is 0 Å². The summed E-state index contributed by atoms with van der Waals surface area (Å²) in [5.41, 5.74) is 6.42. The molecule has 0 heterocycles. The fourth-order valence-electron chi connectivity index (χ4n) is 1.02. The first-order valence-electron chi connectivity index (χ1n) is 4.33. The maximum Gasteiger partial charge on any atom is 0.125 e. The van der Waals surface area contributed by atoms with Crippen LogP contribution in [0.3, 0.4) is 0 Å². The lowest BCUT2D eigenvalue weighted by molar-refractivity contribution is -0.107. The Morgan fingerprint density at radius 1 is 1.40 bits per heavy atom. The number of hydrazine groups is 1. The zero-order valence-corrected chi connectivity index (χ0v) is 8.06. The fourth-order valence-corrected chi connectivity index (χ4v) is 1.02. The molecule has 0 radical (unpaired) electrons. The molecule has 0 saturated heterocycles. The SMILES string of the molecule is N/C(=C/N(N)c1ccc(F)cc1)CC=O. The van der Waals surface area contributed by atoms with Crippen LogP contribution in [0, 0.1) is 5.82 Å². The molecule has 80 valence electrons. The van der Waals surface area contributed by atoms with Crippen molar-refractivity contribution < 1.29 is 9.18 Å². The Morgan fingerprint density at radius 2 is 2.00 bits per heavy atom. The van der Waals surface area contributed by atoms with Crippen LogP contribution < -0.4 is 16.6 Å². The molecule has 4 nitrogen and oxygen atoms in total. The molecule has 0 aliphatic rings. The van der Waals surface area contributed by atoms with Crippen LogP contribution >= 0.6 is 0 Å². The average Bonchev–Trinajstić information content (AvgIpc) is 2.18. The van der Waals surface area contributed by atoms with Gasteiger partial charge >= 0.3 is 0 Å². The third-order valence-corrected chi connectivity index (χ3v) is 1.75. The van der Waals surface area contributed by atoms with Gasteiger partial charge in [-0.3, -0.25) is 5.01 Å². The summed E-state index contributed by atoms with van der Waals surface area (Å²) in [4.78, 5) is 10.1. The van der Waals surface area contributed by atoms with E-state index in [1.165, 1.54) is 35.5 Å². The third kappa shape index (κ3) is 3.40. The lowest BCUT2D eigenvalue weighted by atomic mass is 10.3. The van der Waals surface area contributed by atoms with Crippen molar-refractivity contribution in [2.24, 2.45) is 11.6 Å². The van der Waals surface area contributed by atoms with Gasteiger partial charge in [0.1, 0.15) is 12.1 Å². The van der Waals surface area contributed by atoms with Crippen molar-refractivity contribution in [3.05, 3.63) is 42.0 Å². The molecule has 15 heavy (non-hydrogen) atoms. The van der Waals surface area contributed by atoms with Crippen molar-refractivity contribution in [2.75, 3.05) is 5.01 Å². The van der Waals surface area contributed by atoms with Crippen molar-refractivity contribution in [1.82, 2.24) is 0 Å². The number of halogens is 1. The van der Waals surface area contributed by atoms with Crippen LogP contribution in [0.25, 0.3) is 0 Å². The number of rotatable bonds is 4. The van der Waals surface area contributed by atoms with E-state index in [0.717, 1.165) is 0 Å². The smallest absolute Gasteiger partial charge is 0.125 e. The first-order valence-corrected chi connectivity index (χ1v) is 4.33. The molecular formula is C10H12FN3O. The van der Waals surface area contributed by atoms with Gasteiger partial charge in [0.2, 0.25) is 0 Å². The van der Waals surface area contributed by atoms with Crippen molar-refractivity contribution in [2.45, 2.75) is 6.42 Å². The molecule has 1 rings (SSSR count). The van der Waals surface area contributed by atoms with Crippen LogP contribution in [0.5, 0.6) is 0 Å². The zero-order chi connectivity index (χ0) is 11.3. The van der Waals surface area contributed by atoms with Gasteiger partial charge in [-0.2, -0.15) is 0 Å². The first-order chi connectivity index (χ1) is 7.13. The van der Waals surface area contributed by atoms with Gasteiger partial charge in [-0.1, -0.05) is 0 Å². The van der Waals surface area contributed by atoms with Crippen molar-refractivity contribution >= 4 is 12.0 Å². The number of nitrogens with two attached hydrogens (primary N) is 2. The topological polar surface area (TPSA) is 72.3 Å².